The lowest BCUT2D eigenvalue weighted by Gasteiger charge is -2.07. The molecule has 4 nitrogen and oxygen atoms in total. The van der Waals surface area contributed by atoms with E-state index in [9.17, 15) is 4.79 Å². The van der Waals surface area contributed by atoms with Crippen LogP contribution in [0.5, 0.6) is 0 Å². The fourth-order valence-corrected chi connectivity index (χ4v) is 1.27. The van der Waals surface area contributed by atoms with Gasteiger partial charge in [-0.1, -0.05) is 0 Å². The van der Waals surface area contributed by atoms with E-state index >= 15 is 0 Å². The minimum Gasteiger partial charge on any atom is -0.384 e. The van der Waals surface area contributed by atoms with Gasteiger partial charge in [0.15, 0.2) is 0 Å². The van der Waals surface area contributed by atoms with Gasteiger partial charge < -0.3 is 16.8 Å². The number of aryl methyl sites for hydroxylation is 1. The minimum absolute atomic E-state index is 0.395. The van der Waals surface area contributed by atoms with Crippen LogP contribution in [0.4, 0.5) is 5.69 Å². The largest absolute Gasteiger partial charge is 0.384 e. The lowest BCUT2D eigenvalue weighted by molar-refractivity contribution is 0.1000. The number of benzene rings is 1. The summed E-state index contributed by atoms with van der Waals surface area (Å²) < 4.78 is 0. The molecule has 0 heterocycles. The molecule has 0 aromatic heterocycles. The van der Waals surface area contributed by atoms with Crippen molar-refractivity contribution in [3.63, 3.8) is 0 Å². The van der Waals surface area contributed by atoms with Crippen LogP contribution in [0.25, 0.3) is 0 Å². The molecule has 1 aromatic rings. The standard InChI is InChI=1S/C10H15N3O/c1-7-6-8(13-5-4-11)2-3-9(7)10(12)14/h2-3,6,13H,4-5,11H2,1H3,(H2,12,14). The molecular formula is C10H15N3O. The molecule has 0 radical (unpaired) electrons. The summed E-state index contributed by atoms with van der Waals surface area (Å²) >= 11 is 0. The Morgan fingerprint density at radius 2 is 2.21 bits per heavy atom. The van der Waals surface area contributed by atoms with Crippen molar-refractivity contribution in [2.24, 2.45) is 11.5 Å². The molecule has 0 bridgehead atoms. The zero-order valence-electron chi connectivity index (χ0n) is 8.21. The summed E-state index contributed by atoms with van der Waals surface area (Å²) in [6.07, 6.45) is 0. The van der Waals surface area contributed by atoms with Gasteiger partial charge in [-0.25, -0.2) is 0 Å². The number of carbonyl (C=O) groups excluding carboxylic acids is 1. The first-order valence-corrected chi connectivity index (χ1v) is 4.49. The first kappa shape index (κ1) is 10.5. The van der Waals surface area contributed by atoms with Gasteiger partial charge in [-0.2, -0.15) is 0 Å². The number of rotatable bonds is 4. The molecule has 1 rings (SSSR count). The Labute approximate surface area is 83.3 Å². The van der Waals surface area contributed by atoms with Crippen molar-refractivity contribution >= 4 is 11.6 Å². The first-order valence-electron chi connectivity index (χ1n) is 4.49. The molecule has 0 aliphatic heterocycles. The molecule has 0 aliphatic carbocycles. The number of anilines is 1. The van der Waals surface area contributed by atoms with Crippen molar-refractivity contribution in [1.29, 1.82) is 0 Å². The highest BCUT2D eigenvalue weighted by Crippen LogP contribution is 2.14. The molecule has 1 aromatic carbocycles. The maximum atomic E-state index is 10.9. The van der Waals surface area contributed by atoms with Crippen molar-refractivity contribution in [3.05, 3.63) is 29.3 Å². The second kappa shape index (κ2) is 4.62. The molecule has 0 aliphatic rings. The monoisotopic (exact) mass is 193 g/mol. The van der Waals surface area contributed by atoms with Crippen molar-refractivity contribution in [2.45, 2.75) is 6.92 Å². The maximum Gasteiger partial charge on any atom is 0.248 e. The van der Waals surface area contributed by atoms with Crippen LogP contribution < -0.4 is 16.8 Å². The van der Waals surface area contributed by atoms with Gasteiger partial charge in [0, 0.05) is 24.3 Å². The third-order valence-electron chi connectivity index (χ3n) is 1.97. The van der Waals surface area contributed by atoms with Crippen LogP contribution in [-0.4, -0.2) is 19.0 Å². The Morgan fingerprint density at radius 3 is 2.71 bits per heavy atom. The molecular weight excluding hydrogens is 178 g/mol. The SMILES string of the molecule is Cc1cc(NCCN)ccc1C(N)=O. The van der Waals surface area contributed by atoms with Gasteiger partial charge in [0.25, 0.3) is 0 Å². The van der Waals surface area contributed by atoms with E-state index in [2.05, 4.69) is 5.32 Å². The molecule has 0 fully saturated rings. The maximum absolute atomic E-state index is 10.9. The van der Waals surface area contributed by atoms with Crippen LogP contribution in [0.3, 0.4) is 0 Å². The highest BCUT2D eigenvalue weighted by Gasteiger charge is 2.04. The van der Waals surface area contributed by atoms with E-state index in [-0.39, 0.29) is 0 Å². The Balaban J connectivity index is 2.83. The molecule has 76 valence electrons. The molecule has 0 unspecified atom stereocenters. The number of carbonyl (C=O) groups is 1. The molecule has 5 N–H and O–H groups in total. The van der Waals surface area contributed by atoms with Crippen LogP contribution >= 0.6 is 0 Å². The number of primary amides is 1. The van der Waals surface area contributed by atoms with Crippen molar-refractivity contribution in [2.75, 3.05) is 18.4 Å². The summed E-state index contributed by atoms with van der Waals surface area (Å²) in [4.78, 5) is 10.9. The van der Waals surface area contributed by atoms with Gasteiger partial charge >= 0.3 is 0 Å². The minimum atomic E-state index is -0.395. The van der Waals surface area contributed by atoms with E-state index in [1.54, 1.807) is 6.07 Å². The van der Waals surface area contributed by atoms with E-state index in [1.165, 1.54) is 0 Å². The van der Waals surface area contributed by atoms with Gasteiger partial charge in [0.2, 0.25) is 5.91 Å². The Hall–Kier alpha value is -1.55. The molecule has 0 atom stereocenters. The lowest BCUT2D eigenvalue weighted by atomic mass is 10.1. The number of hydrogen-bond acceptors (Lipinski definition) is 3. The van der Waals surface area contributed by atoms with Crippen molar-refractivity contribution in [1.82, 2.24) is 0 Å². The number of amides is 1. The fourth-order valence-electron chi connectivity index (χ4n) is 1.27. The molecule has 4 heteroatoms. The Bertz CT molecular complexity index is 336. The summed E-state index contributed by atoms with van der Waals surface area (Å²) in [7, 11) is 0. The van der Waals surface area contributed by atoms with Crippen LogP contribution in [0.1, 0.15) is 15.9 Å². The Kier molecular flexibility index (Phi) is 3.48. The third kappa shape index (κ3) is 2.47. The molecule has 1 amide bonds. The van der Waals surface area contributed by atoms with E-state index in [1.807, 2.05) is 19.1 Å². The summed E-state index contributed by atoms with van der Waals surface area (Å²) in [6.45, 7) is 3.15. The summed E-state index contributed by atoms with van der Waals surface area (Å²) in [6, 6.07) is 5.43. The highest BCUT2D eigenvalue weighted by molar-refractivity contribution is 5.94. The zero-order chi connectivity index (χ0) is 10.6. The summed E-state index contributed by atoms with van der Waals surface area (Å²) in [5.74, 6) is -0.395. The normalized spacial score (nSPS) is 9.86. The van der Waals surface area contributed by atoms with Gasteiger partial charge in [0.05, 0.1) is 0 Å². The number of hydrogen-bond donors (Lipinski definition) is 3. The number of nitrogens with two attached hydrogens (primary N) is 2. The highest BCUT2D eigenvalue weighted by atomic mass is 16.1. The van der Waals surface area contributed by atoms with E-state index in [4.69, 9.17) is 11.5 Å². The van der Waals surface area contributed by atoms with Crippen LogP contribution in [0.15, 0.2) is 18.2 Å². The summed E-state index contributed by atoms with van der Waals surface area (Å²) in [5, 5.41) is 3.12. The quantitative estimate of drug-likeness (QED) is 0.650. The van der Waals surface area contributed by atoms with Crippen molar-refractivity contribution < 1.29 is 4.79 Å². The molecule has 0 spiro atoms. The van der Waals surface area contributed by atoms with Crippen LogP contribution in [0.2, 0.25) is 0 Å². The molecule has 14 heavy (non-hydrogen) atoms. The third-order valence-corrected chi connectivity index (χ3v) is 1.97. The first-order chi connectivity index (χ1) is 6.65. The smallest absolute Gasteiger partial charge is 0.248 e. The average molecular weight is 193 g/mol. The second-order valence-corrected chi connectivity index (χ2v) is 3.11. The van der Waals surface area contributed by atoms with Crippen molar-refractivity contribution in [3.8, 4) is 0 Å². The predicted octanol–water partition coefficient (Wildman–Crippen LogP) is 0.465. The average Bonchev–Trinajstić information content (AvgIpc) is 2.14. The Morgan fingerprint density at radius 1 is 1.50 bits per heavy atom. The lowest BCUT2D eigenvalue weighted by Crippen LogP contribution is -2.15. The molecule has 0 saturated heterocycles. The van der Waals surface area contributed by atoms with Crippen LogP contribution in [0, 0.1) is 6.92 Å². The fraction of sp³-hybridized carbons (Fsp3) is 0.300. The zero-order valence-corrected chi connectivity index (χ0v) is 8.21. The van der Waals surface area contributed by atoms with Crippen LogP contribution in [-0.2, 0) is 0 Å². The van der Waals surface area contributed by atoms with Gasteiger partial charge in [-0.05, 0) is 30.7 Å². The summed E-state index contributed by atoms with van der Waals surface area (Å²) in [5.41, 5.74) is 12.9. The van der Waals surface area contributed by atoms with Gasteiger partial charge in [-0.15, -0.1) is 0 Å². The van der Waals surface area contributed by atoms with E-state index < -0.39 is 5.91 Å². The number of nitrogens with one attached hydrogen (secondary N) is 1. The second-order valence-electron chi connectivity index (χ2n) is 3.11. The predicted molar refractivity (Wildman–Crippen MR) is 57.2 cm³/mol. The van der Waals surface area contributed by atoms with E-state index in [0.29, 0.717) is 12.1 Å². The topological polar surface area (TPSA) is 81.1 Å². The van der Waals surface area contributed by atoms with E-state index in [0.717, 1.165) is 17.8 Å². The molecule has 0 saturated carbocycles. The van der Waals surface area contributed by atoms with Gasteiger partial charge in [-0.3, -0.25) is 4.79 Å². The van der Waals surface area contributed by atoms with Gasteiger partial charge in [0.1, 0.15) is 0 Å².